The Morgan fingerprint density at radius 1 is 1.11 bits per heavy atom. The number of thioether (sulfide) groups is 1. The van der Waals surface area contributed by atoms with Crippen LogP contribution in [-0.4, -0.2) is 45.9 Å². The van der Waals surface area contributed by atoms with Crippen molar-refractivity contribution in [1.29, 1.82) is 0 Å². The molecule has 8 heteroatoms. The highest BCUT2D eigenvalue weighted by atomic mass is 32.2. The number of amides is 2. The van der Waals surface area contributed by atoms with Crippen LogP contribution >= 0.6 is 11.8 Å². The van der Waals surface area contributed by atoms with E-state index in [0.29, 0.717) is 37.0 Å². The molecule has 0 spiro atoms. The van der Waals surface area contributed by atoms with Gasteiger partial charge in [-0.2, -0.15) is 0 Å². The van der Waals surface area contributed by atoms with E-state index in [1.807, 2.05) is 85.7 Å². The van der Waals surface area contributed by atoms with Crippen LogP contribution in [0, 0.1) is 0 Å². The zero-order valence-electron chi connectivity index (χ0n) is 22.1. The topological polar surface area (TPSA) is 74.2 Å². The number of rotatable bonds is 10. The first-order valence-electron chi connectivity index (χ1n) is 13.3. The normalized spacial score (nSPS) is 18.5. The van der Waals surface area contributed by atoms with Crippen molar-refractivity contribution in [3.8, 4) is 5.75 Å². The van der Waals surface area contributed by atoms with Gasteiger partial charge in [0.2, 0.25) is 5.91 Å². The van der Waals surface area contributed by atoms with Gasteiger partial charge >= 0.3 is 0 Å². The molecule has 2 amide bonds. The third kappa shape index (κ3) is 5.65. The quantitative estimate of drug-likeness (QED) is 0.447. The van der Waals surface area contributed by atoms with Crippen molar-refractivity contribution in [2.75, 3.05) is 13.1 Å². The van der Waals surface area contributed by atoms with Gasteiger partial charge in [-0.25, -0.2) is 4.99 Å². The number of amidine groups is 1. The van der Waals surface area contributed by atoms with Crippen molar-refractivity contribution < 1.29 is 14.3 Å². The highest BCUT2D eigenvalue weighted by molar-refractivity contribution is 8.16. The minimum atomic E-state index is -0.411. The molecular formula is C30H34N4O3S. The number of benzene rings is 2. The molecule has 1 fully saturated rings. The number of likely N-dealkylation sites (N-methyl/N-ethyl adjacent to an activating group) is 1. The molecule has 1 aliphatic carbocycles. The fraction of sp³-hybridized carbons (Fsp3) is 0.367. The highest BCUT2D eigenvalue weighted by Gasteiger charge is 2.41. The maximum atomic E-state index is 13.9. The van der Waals surface area contributed by atoms with Crippen LogP contribution in [0.2, 0.25) is 0 Å². The summed E-state index contributed by atoms with van der Waals surface area (Å²) in [6, 6.07) is 17.9. The zero-order chi connectivity index (χ0) is 26.6. The van der Waals surface area contributed by atoms with E-state index in [0.717, 1.165) is 40.6 Å². The number of carbonyl (C=O) groups excluding carboxylic acids is 2. The number of nitrogens with one attached hydrogen (secondary N) is 1. The molecule has 38 heavy (non-hydrogen) atoms. The second kappa shape index (κ2) is 11.5. The summed E-state index contributed by atoms with van der Waals surface area (Å²) in [5.74, 6) is 0.698. The molecule has 0 aromatic heterocycles. The lowest BCUT2D eigenvalue weighted by molar-refractivity contribution is -0.127. The molecule has 2 aliphatic heterocycles. The first kappa shape index (κ1) is 26.1. The Balaban J connectivity index is 1.49. The predicted molar refractivity (Wildman–Crippen MR) is 151 cm³/mol. The molecule has 1 unspecified atom stereocenters. The van der Waals surface area contributed by atoms with E-state index >= 15 is 0 Å². The molecule has 198 valence electrons. The monoisotopic (exact) mass is 530 g/mol. The Morgan fingerprint density at radius 3 is 2.58 bits per heavy atom. The van der Waals surface area contributed by atoms with E-state index in [2.05, 4.69) is 10.2 Å². The van der Waals surface area contributed by atoms with Gasteiger partial charge in [-0.3, -0.25) is 9.59 Å². The van der Waals surface area contributed by atoms with E-state index < -0.39 is 6.04 Å². The average molecular weight is 531 g/mol. The van der Waals surface area contributed by atoms with E-state index in [-0.39, 0.29) is 18.2 Å². The van der Waals surface area contributed by atoms with Crippen molar-refractivity contribution in [3.05, 3.63) is 88.1 Å². The molecule has 2 aromatic rings. The minimum absolute atomic E-state index is 0.00203. The lowest BCUT2D eigenvalue weighted by Gasteiger charge is -2.38. The molecule has 1 N–H and O–H groups in total. The number of ether oxygens (including phenoxy) is 1. The first-order valence-corrected chi connectivity index (χ1v) is 14.2. The van der Waals surface area contributed by atoms with Crippen LogP contribution in [0.4, 0.5) is 0 Å². The molecule has 1 atom stereocenters. The summed E-state index contributed by atoms with van der Waals surface area (Å²) >= 11 is 1.50. The van der Waals surface area contributed by atoms with Crippen molar-refractivity contribution in [2.24, 2.45) is 4.99 Å². The van der Waals surface area contributed by atoms with Crippen LogP contribution < -0.4 is 10.1 Å². The SMILES string of the molecule is CCN(CC)C(=O)C1=C(C)N=C2SC=C(CC(=O)NC3CC3)N2C1c1cccc(OCc2ccccc2)c1. The lowest BCUT2D eigenvalue weighted by Crippen LogP contribution is -2.42. The molecule has 7 nitrogen and oxygen atoms in total. The smallest absolute Gasteiger partial charge is 0.254 e. The van der Waals surface area contributed by atoms with E-state index in [1.165, 1.54) is 11.8 Å². The average Bonchev–Trinajstić information content (AvgIpc) is 3.66. The fourth-order valence-electron chi connectivity index (χ4n) is 4.83. The zero-order valence-corrected chi connectivity index (χ0v) is 23.0. The second-order valence-corrected chi connectivity index (χ2v) is 10.6. The van der Waals surface area contributed by atoms with Crippen molar-refractivity contribution in [1.82, 2.24) is 15.1 Å². The van der Waals surface area contributed by atoms with Gasteiger partial charge in [0.25, 0.3) is 5.91 Å². The Kier molecular flexibility index (Phi) is 7.88. The third-order valence-corrected chi connectivity index (χ3v) is 7.88. The molecule has 0 saturated heterocycles. The lowest BCUT2D eigenvalue weighted by atomic mass is 9.92. The summed E-state index contributed by atoms with van der Waals surface area (Å²) in [4.78, 5) is 35.4. The van der Waals surface area contributed by atoms with Crippen LogP contribution in [-0.2, 0) is 16.2 Å². The predicted octanol–water partition coefficient (Wildman–Crippen LogP) is 5.38. The molecule has 2 heterocycles. The van der Waals surface area contributed by atoms with Gasteiger partial charge in [0.15, 0.2) is 5.17 Å². The molecule has 2 aromatic carbocycles. The standard InChI is InChI=1S/C30H34N4O3S/c1-4-33(5-2)29(36)27-20(3)31-30-34(24(19-38-30)17-26(35)32-23-14-15-23)28(27)22-12-9-13-25(16-22)37-18-21-10-7-6-8-11-21/h6-13,16,19,23,28H,4-5,14-15,17-18H2,1-3H3,(H,32,35). The number of carbonyl (C=O) groups is 2. The minimum Gasteiger partial charge on any atom is -0.489 e. The summed E-state index contributed by atoms with van der Waals surface area (Å²) in [6.07, 6.45) is 2.33. The van der Waals surface area contributed by atoms with Gasteiger partial charge in [0.1, 0.15) is 12.4 Å². The third-order valence-electron chi connectivity index (χ3n) is 6.99. The largest absolute Gasteiger partial charge is 0.489 e. The molecule has 1 saturated carbocycles. The number of hydrogen-bond donors (Lipinski definition) is 1. The van der Waals surface area contributed by atoms with Crippen molar-refractivity contribution in [2.45, 2.75) is 58.7 Å². The summed E-state index contributed by atoms with van der Waals surface area (Å²) in [5.41, 5.74) is 4.20. The number of fused-ring (bicyclic) bond motifs is 1. The first-order chi connectivity index (χ1) is 18.5. The van der Waals surface area contributed by atoms with Gasteiger partial charge in [0, 0.05) is 24.8 Å². The Labute approximate surface area is 228 Å². The van der Waals surface area contributed by atoms with Crippen LogP contribution in [0.15, 0.2) is 82.0 Å². The van der Waals surface area contributed by atoms with Crippen LogP contribution in [0.25, 0.3) is 0 Å². The van der Waals surface area contributed by atoms with E-state index in [1.54, 1.807) is 0 Å². The number of allylic oxidation sites excluding steroid dienone is 1. The molecular weight excluding hydrogens is 496 g/mol. The van der Waals surface area contributed by atoms with Gasteiger partial charge < -0.3 is 19.9 Å². The molecule has 5 rings (SSSR count). The fourth-order valence-corrected chi connectivity index (χ4v) is 5.79. The summed E-state index contributed by atoms with van der Waals surface area (Å²) < 4.78 is 6.15. The van der Waals surface area contributed by atoms with Crippen molar-refractivity contribution in [3.63, 3.8) is 0 Å². The summed E-state index contributed by atoms with van der Waals surface area (Å²) in [5, 5.41) is 5.87. The van der Waals surface area contributed by atoms with Crippen molar-refractivity contribution >= 4 is 28.7 Å². The summed E-state index contributed by atoms with van der Waals surface area (Å²) in [7, 11) is 0. The van der Waals surface area contributed by atoms with Crippen LogP contribution in [0.5, 0.6) is 5.75 Å². The highest BCUT2D eigenvalue weighted by Crippen LogP contribution is 2.45. The Morgan fingerprint density at radius 2 is 1.87 bits per heavy atom. The number of aliphatic imine (C=N–C) groups is 1. The van der Waals surface area contributed by atoms with Gasteiger partial charge in [-0.15, -0.1) is 0 Å². The molecule has 0 radical (unpaired) electrons. The van der Waals surface area contributed by atoms with Gasteiger partial charge in [-0.05, 0) is 62.3 Å². The van der Waals surface area contributed by atoms with Gasteiger partial charge in [-0.1, -0.05) is 54.2 Å². The molecule has 3 aliphatic rings. The second-order valence-electron chi connectivity index (χ2n) is 9.74. The number of nitrogens with zero attached hydrogens (tertiary/aromatic N) is 3. The van der Waals surface area contributed by atoms with E-state index in [9.17, 15) is 9.59 Å². The maximum Gasteiger partial charge on any atom is 0.254 e. The Hall–Kier alpha value is -3.52. The van der Waals surface area contributed by atoms with Crippen LogP contribution in [0.1, 0.15) is 57.2 Å². The molecule has 0 bridgehead atoms. The number of hydrogen-bond acceptors (Lipinski definition) is 6. The Bertz CT molecular complexity index is 1300. The maximum absolute atomic E-state index is 13.9. The van der Waals surface area contributed by atoms with Gasteiger partial charge in [0.05, 0.1) is 23.7 Å². The van der Waals surface area contributed by atoms with E-state index in [4.69, 9.17) is 9.73 Å². The summed E-state index contributed by atoms with van der Waals surface area (Å²) in [6.45, 7) is 7.55. The van der Waals surface area contributed by atoms with Crippen LogP contribution in [0.3, 0.4) is 0 Å².